The number of rotatable bonds is 6. The van der Waals surface area contributed by atoms with E-state index in [4.69, 9.17) is 5.14 Å². The Morgan fingerprint density at radius 1 is 0.929 bits per heavy atom. The first-order valence-corrected chi connectivity index (χ1v) is 10.4. The fraction of sp³-hybridized carbons (Fsp3) is 0.136. The average Bonchev–Trinajstić information content (AvgIpc) is 2.68. The van der Waals surface area contributed by atoms with Crippen LogP contribution in [-0.2, 0) is 14.8 Å². The molecule has 0 aliphatic rings. The van der Waals surface area contributed by atoms with Crippen LogP contribution < -0.4 is 10.5 Å². The Labute approximate surface area is 165 Å². The second-order valence-electron chi connectivity index (χ2n) is 6.65. The molecular formula is C22H22N2O3S. The van der Waals surface area contributed by atoms with Crippen LogP contribution in [0.25, 0.3) is 0 Å². The van der Waals surface area contributed by atoms with Crippen LogP contribution in [0.5, 0.6) is 0 Å². The van der Waals surface area contributed by atoms with Crippen LogP contribution in [0.1, 0.15) is 29.0 Å². The zero-order valence-corrected chi connectivity index (χ0v) is 16.3. The molecule has 0 saturated carbocycles. The summed E-state index contributed by atoms with van der Waals surface area (Å²) in [6.45, 7) is 1.66. The summed E-state index contributed by atoms with van der Waals surface area (Å²) in [6, 6.07) is 24.3. The molecule has 0 bridgehead atoms. The van der Waals surface area contributed by atoms with Crippen molar-refractivity contribution in [2.75, 3.05) is 5.32 Å². The highest BCUT2D eigenvalue weighted by Crippen LogP contribution is 2.28. The number of benzene rings is 3. The van der Waals surface area contributed by atoms with Crippen molar-refractivity contribution in [3.8, 4) is 0 Å². The number of nitrogens with two attached hydrogens (primary N) is 1. The predicted molar refractivity (Wildman–Crippen MR) is 111 cm³/mol. The van der Waals surface area contributed by atoms with E-state index >= 15 is 0 Å². The highest BCUT2D eigenvalue weighted by atomic mass is 32.2. The van der Waals surface area contributed by atoms with E-state index in [1.807, 2.05) is 60.7 Å². The average molecular weight is 394 g/mol. The molecule has 0 heterocycles. The van der Waals surface area contributed by atoms with E-state index < -0.39 is 10.0 Å². The molecule has 0 atom stereocenters. The van der Waals surface area contributed by atoms with Gasteiger partial charge in [0, 0.05) is 18.0 Å². The Morgan fingerprint density at radius 2 is 1.46 bits per heavy atom. The minimum atomic E-state index is -3.85. The van der Waals surface area contributed by atoms with Gasteiger partial charge in [-0.3, -0.25) is 4.79 Å². The second-order valence-corrected chi connectivity index (χ2v) is 8.18. The summed E-state index contributed by atoms with van der Waals surface area (Å²) in [7, 11) is -3.85. The molecule has 0 aromatic heterocycles. The topological polar surface area (TPSA) is 89.3 Å². The standard InChI is InChI=1S/C22H22N2O3S/c1-16-12-13-19(14-21(16)28(23,26)27)24-22(25)15-20(17-8-4-2-5-9-17)18-10-6-3-7-11-18/h2-14,20H,15H2,1H3,(H,24,25)(H2,23,26,27). The van der Waals surface area contributed by atoms with E-state index in [0.29, 0.717) is 11.3 Å². The highest BCUT2D eigenvalue weighted by Gasteiger charge is 2.19. The van der Waals surface area contributed by atoms with Gasteiger partial charge in [0.05, 0.1) is 4.90 Å². The van der Waals surface area contributed by atoms with Gasteiger partial charge < -0.3 is 5.32 Å². The van der Waals surface area contributed by atoms with E-state index in [1.54, 1.807) is 19.1 Å². The number of hydrogen-bond donors (Lipinski definition) is 2. The molecule has 3 aromatic rings. The number of aryl methyl sites for hydroxylation is 1. The van der Waals surface area contributed by atoms with Gasteiger partial charge in [0.2, 0.25) is 15.9 Å². The van der Waals surface area contributed by atoms with Crippen molar-refractivity contribution >= 4 is 21.6 Å². The van der Waals surface area contributed by atoms with Crippen LogP contribution in [0.2, 0.25) is 0 Å². The first-order chi connectivity index (χ1) is 13.3. The molecular weight excluding hydrogens is 372 g/mol. The maximum absolute atomic E-state index is 12.7. The van der Waals surface area contributed by atoms with Crippen LogP contribution in [0, 0.1) is 6.92 Å². The van der Waals surface area contributed by atoms with Crippen LogP contribution in [-0.4, -0.2) is 14.3 Å². The molecule has 0 unspecified atom stereocenters. The minimum absolute atomic E-state index is 0.00738. The first kappa shape index (κ1) is 19.8. The molecule has 6 heteroatoms. The number of amides is 1. The Morgan fingerprint density at radius 3 is 1.96 bits per heavy atom. The number of anilines is 1. The van der Waals surface area contributed by atoms with Crippen molar-refractivity contribution in [3.63, 3.8) is 0 Å². The molecule has 28 heavy (non-hydrogen) atoms. The summed E-state index contributed by atoms with van der Waals surface area (Å²) < 4.78 is 23.4. The van der Waals surface area contributed by atoms with Crippen molar-refractivity contribution in [2.45, 2.75) is 24.2 Å². The van der Waals surface area contributed by atoms with Crippen molar-refractivity contribution < 1.29 is 13.2 Å². The van der Waals surface area contributed by atoms with Crippen LogP contribution >= 0.6 is 0 Å². The Bertz CT molecular complexity index is 1030. The lowest BCUT2D eigenvalue weighted by molar-refractivity contribution is -0.116. The molecule has 0 aliphatic carbocycles. The number of nitrogens with one attached hydrogen (secondary N) is 1. The van der Waals surface area contributed by atoms with Gasteiger partial charge in [-0.15, -0.1) is 0 Å². The number of hydrogen-bond acceptors (Lipinski definition) is 3. The number of primary sulfonamides is 1. The third-order valence-electron chi connectivity index (χ3n) is 4.57. The van der Waals surface area contributed by atoms with Gasteiger partial charge in [0.15, 0.2) is 0 Å². The van der Waals surface area contributed by atoms with E-state index in [1.165, 1.54) is 6.07 Å². The quantitative estimate of drug-likeness (QED) is 0.666. The van der Waals surface area contributed by atoms with Gasteiger partial charge in [-0.05, 0) is 35.7 Å². The fourth-order valence-electron chi connectivity index (χ4n) is 3.18. The third-order valence-corrected chi connectivity index (χ3v) is 5.62. The molecule has 5 nitrogen and oxygen atoms in total. The van der Waals surface area contributed by atoms with Gasteiger partial charge in [0.25, 0.3) is 0 Å². The predicted octanol–water partition coefficient (Wildman–Crippen LogP) is 3.80. The summed E-state index contributed by atoms with van der Waals surface area (Å²) in [4.78, 5) is 12.7. The smallest absolute Gasteiger partial charge is 0.238 e. The molecule has 0 saturated heterocycles. The number of sulfonamides is 1. The normalized spacial score (nSPS) is 11.4. The third kappa shape index (κ3) is 4.85. The SMILES string of the molecule is Cc1ccc(NC(=O)CC(c2ccccc2)c2ccccc2)cc1S(N)(=O)=O. The molecule has 0 radical (unpaired) electrons. The minimum Gasteiger partial charge on any atom is -0.326 e. The fourth-order valence-corrected chi connectivity index (χ4v) is 3.99. The Balaban J connectivity index is 1.84. The van der Waals surface area contributed by atoms with E-state index in [2.05, 4.69) is 5.32 Å². The molecule has 3 rings (SSSR count). The molecule has 144 valence electrons. The summed E-state index contributed by atoms with van der Waals surface area (Å²) in [6.07, 6.45) is 0.229. The van der Waals surface area contributed by atoms with Crippen molar-refractivity contribution in [1.29, 1.82) is 0 Å². The number of carbonyl (C=O) groups excluding carboxylic acids is 1. The number of carbonyl (C=O) groups is 1. The van der Waals surface area contributed by atoms with Crippen LogP contribution in [0.15, 0.2) is 83.8 Å². The zero-order chi connectivity index (χ0) is 20.1. The molecule has 1 amide bonds. The van der Waals surface area contributed by atoms with Crippen LogP contribution in [0.3, 0.4) is 0 Å². The van der Waals surface area contributed by atoms with Crippen molar-refractivity contribution in [3.05, 3.63) is 95.6 Å². The first-order valence-electron chi connectivity index (χ1n) is 8.88. The van der Waals surface area contributed by atoms with Gasteiger partial charge in [-0.25, -0.2) is 13.6 Å². The van der Waals surface area contributed by atoms with Gasteiger partial charge in [-0.2, -0.15) is 0 Å². The maximum Gasteiger partial charge on any atom is 0.238 e. The lowest BCUT2D eigenvalue weighted by Gasteiger charge is -2.18. The lowest BCUT2D eigenvalue weighted by atomic mass is 9.88. The second kappa shape index (κ2) is 8.37. The maximum atomic E-state index is 12.7. The Hall–Kier alpha value is -2.96. The molecule has 0 fully saturated rings. The highest BCUT2D eigenvalue weighted by molar-refractivity contribution is 7.89. The van der Waals surface area contributed by atoms with Gasteiger partial charge >= 0.3 is 0 Å². The van der Waals surface area contributed by atoms with Gasteiger partial charge in [-0.1, -0.05) is 66.7 Å². The lowest BCUT2D eigenvalue weighted by Crippen LogP contribution is -2.18. The summed E-state index contributed by atoms with van der Waals surface area (Å²) in [5.41, 5.74) is 3.02. The largest absolute Gasteiger partial charge is 0.326 e. The van der Waals surface area contributed by atoms with Gasteiger partial charge in [0.1, 0.15) is 0 Å². The summed E-state index contributed by atoms with van der Waals surface area (Å²) in [5.74, 6) is -0.313. The van der Waals surface area contributed by atoms with Crippen molar-refractivity contribution in [1.82, 2.24) is 0 Å². The molecule has 3 N–H and O–H groups in total. The molecule has 3 aromatic carbocycles. The van der Waals surface area contributed by atoms with E-state index in [9.17, 15) is 13.2 Å². The molecule has 0 spiro atoms. The monoisotopic (exact) mass is 394 g/mol. The van der Waals surface area contributed by atoms with Crippen molar-refractivity contribution in [2.24, 2.45) is 5.14 Å². The molecule has 0 aliphatic heterocycles. The zero-order valence-electron chi connectivity index (χ0n) is 15.5. The summed E-state index contributed by atoms with van der Waals surface area (Å²) >= 11 is 0. The summed E-state index contributed by atoms with van der Waals surface area (Å²) in [5, 5.41) is 8.04. The van der Waals surface area contributed by atoms with E-state index in [-0.39, 0.29) is 23.1 Å². The van der Waals surface area contributed by atoms with Crippen LogP contribution in [0.4, 0.5) is 5.69 Å². The van der Waals surface area contributed by atoms with E-state index in [0.717, 1.165) is 11.1 Å². The Kier molecular flexibility index (Phi) is 5.92.